The quantitative estimate of drug-likeness (QED) is 0.676. The molecule has 2 nitrogen and oxygen atoms in total. The summed E-state index contributed by atoms with van der Waals surface area (Å²) in [5.41, 5.74) is 2.07. The van der Waals surface area contributed by atoms with E-state index in [1.54, 1.807) is 6.08 Å². The number of hydrogen-bond donors (Lipinski definition) is 1. The van der Waals surface area contributed by atoms with Gasteiger partial charge in [-0.25, -0.2) is 4.79 Å². The monoisotopic (exact) mass is 162 g/mol. The second kappa shape index (κ2) is 3.72. The first kappa shape index (κ1) is 8.53. The van der Waals surface area contributed by atoms with Crippen molar-refractivity contribution >= 4 is 12.0 Å². The standard InChI is InChI=1S/C10H10O2/c1-8-2-4-9(5-3-8)6-7-10(11)12/h2-7H,1H3,(H,11,12)/b7-6-. The summed E-state index contributed by atoms with van der Waals surface area (Å²) in [6.45, 7) is 1.99. The van der Waals surface area contributed by atoms with Gasteiger partial charge in [0, 0.05) is 6.08 Å². The molecule has 0 amide bonds. The van der Waals surface area contributed by atoms with E-state index < -0.39 is 5.97 Å². The fraction of sp³-hybridized carbons (Fsp3) is 0.100. The molecule has 1 rings (SSSR count). The van der Waals surface area contributed by atoms with Gasteiger partial charge in [-0.15, -0.1) is 0 Å². The summed E-state index contributed by atoms with van der Waals surface area (Å²) in [5, 5.41) is 8.34. The number of aryl methyl sites for hydroxylation is 1. The lowest BCUT2D eigenvalue weighted by Crippen LogP contribution is -1.85. The van der Waals surface area contributed by atoms with Crippen molar-refractivity contribution in [3.63, 3.8) is 0 Å². The third-order valence-corrected chi connectivity index (χ3v) is 1.50. The Balaban J connectivity index is 2.77. The molecule has 0 spiro atoms. The van der Waals surface area contributed by atoms with Crippen LogP contribution in [0, 0.1) is 6.92 Å². The number of benzene rings is 1. The molecule has 0 heterocycles. The fourth-order valence-corrected chi connectivity index (χ4v) is 0.845. The van der Waals surface area contributed by atoms with Crippen LogP contribution in [0.15, 0.2) is 30.3 Å². The van der Waals surface area contributed by atoms with Crippen molar-refractivity contribution in [1.82, 2.24) is 0 Å². The second-order valence-corrected chi connectivity index (χ2v) is 2.58. The van der Waals surface area contributed by atoms with E-state index in [0.717, 1.165) is 11.6 Å². The Labute approximate surface area is 71.2 Å². The van der Waals surface area contributed by atoms with E-state index in [2.05, 4.69) is 0 Å². The zero-order valence-electron chi connectivity index (χ0n) is 6.82. The maximum Gasteiger partial charge on any atom is 0.328 e. The first-order valence-corrected chi connectivity index (χ1v) is 3.66. The van der Waals surface area contributed by atoms with Crippen LogP contribution in [-0.4, -0.2) is 11.1 Å². The van der Waals surface area contributed by atoms with Crippen LogP contribution in [0.25, 0.3) is 6.08 Å². The lowest BCUT2D eigenvalue weighted by molar-refractivity contribution is -0.131. The van der Waals surface area contributed by atoms with Gasteiger partial charge in [0.1, 0.15) is 0 Å². The van der Waals surface area contributed by atoms with E-state index in [1.807, 2.05) is 31.2 Å². The summed E-state index contributed by atoms with van der Waals surface area (Å²) in [4.78, 5) is 10.2. The van der Waals surface area contributed by atoms with Gasteiger partial charge >= 0.3 is 5.97 Å². The van der Waals surface area contributed by atoms with E-state index in [-0.39, 0.29) is 0 Å². The van der Waals surface area contributed by atoms with Crippen LogP contribution < -0.4 is 0 Å². The van der Waals surface area contributed by atoms with E-state index in [9.17, 15) is 4.79 Å². The molecule has 0 radical (unpaired) electrons. The molecule has 0 saturated carbocycles. The Hall–Kier alpha value is -1.57. The summed E-state index contributed by atoms with van der Waals surface area (Å²) >= 11 is 0. The maximum absolute atomic E-state index is 10.2. The fourth-order valence-electron chi connectivity index (χ4n) is 0.845. The molecule has 0 aliphatic rings. The van der Waals surface area contributed by atoms with E-state index >= 15 is 0 Å². The second-order valence-electron chi connectivity index (χ2n) is 2.58. The van der Waals surface area contributed by atoms with Gasteiger partial charge in [-0.1, -0.05) is 29.8 Å². The highest BCUT2D eigenvalue weighted by Crippen LogP contribution is 2.04. The minimum atomic E-state index is -0.921. The summed E-state index contributed by atoms with van der Waals surface area (Å²) in [7, 11) is 0. The maximum atomic E-state index is 10.2. The lowest BCUT2D eigenvalue weighted by atomic mass is 10.1. The van der Waals surface area contributed by atoms with Gasteiger partial charge in [-0.2, -0.15) is 0 Å². The summed E-state index contributed by atoms with van der Waals surface area (Å²) < 4.78 is 0. The predicted molar refractivity (Wildman–Crippen MR) is 47.8 cm³/mol. The van der Waals surface area contributed by atoms with Crippen LogP contribution in [-0.2, 0) is 4.79 Å². The largest absolute Gasteiger partial charge is 0.478 e. The molecule has 0 bridgehead atoms. The zero-order chi connectivity index (χ0) is 8.97. The normalized spacial score (nSPS) is 10.4. The van der Waals surface area contributed by atoms with Crippen molar-refractivity contribution < 1.29 is 9.90 Å². The highest BCUT2D eigenvalue weighted by atomic mass is 16.4. The number of hydrogen-bond acceptors (Lipinski definition) is 1. The van der Waals surface area contributed by atoms with Crippen molar-refractivity contribution in [3.05, 3.63) is 41.5 Å². The van der Waals surface area contributed by atoms with Crippen molar-refractivity contribution in [2.24, 2.45) is 0 Å². The number of rotatable bonds is 2. The molecular formula is C10H10O2. The topological polar surface area (TPSA) is 37.3 Å². The van der Waals surface area contributed by atoms with Crippen LogP contribution in [0.3, 0.4) is 0 Å². The Bertz CT molecular complexity index is 296. The highest BCUT2D eigenvalue weighted by Gasteiger charge is 1.88. The smallest absolute Gasteiger partial charge is 0.328 e. The van der Waals surface area contributed by atoms with Crippen molar-refractivity contribution in [2.45, 2.75) is 6.92 Å². The van der Waals surface area contributed by atoms with Crippen LogP contribution in [0.2, 0.25) is 0 Å². The lowest BCUT2D eigenvalue weighted by Gasteiger charge is -1.92. The van der Waals surface area contributed by atoms with Gasteiger partial charge in [-0.3, -0.25) is 0 Å². The zero-order valence-corrected chi connectivity index (χ0v) is 6.82. The molecule has 0 atom stereocenters. The van der Waals surface area contributed by atoms with E-state index in [0.29, 0.717) is 0 Å². The number of carboxylic acid groups (broad SMARTS) is 1. The van der Waals surface area contributed by atoms with Gasteiger partial charge < -0.3 is 5.11 Å². The molecule has 12 heavy (non-hydrogen) atoms. The molecular weight excluding hydrogens is 152 g/mol. The van der Waals surface area contributed by atoms with E-state index in [4.69, 9.17) is 5.11 Å². The molecule has 2 heteroatoms. The minimum Gasteiger partial charge on any atom is -0.478 e. The third kappa shape index (κ3) is 2.58. The van der Waals surface area contributed by atoms with Crippen molar-refractivity contribution in [1.29, 1.82) is 0 Å². The summed E-state index contributed by atoms with van der Waals surface area (Å²) in [5.74, 6) is -0.921. The molecule has 1 N–H and O–H groups in total. The van der Waals surface area contributed by atoms with Crippen LogP contribution in [0.5, 0.6) is 0 Å². The average Bonchev–Trinajstić information content (AvgIpc) is 2.03. The van der Waals surface area contributed by atoms with Gasteiger partial charge in [0.25, 0.3) is 0 Å². The Morgan fingerprint density at radius 1 is 1.33 bits per heavy atom. The predicted octanol–water partition coefficient (Wildman–Crippen LogP) is 2.09. The minimum absolute atomic E-state index is 0.906. The molecule has 0 aliphatic carbocycles. The number of carboxylic acids is 1. The SMILES string of the molecule is Cc1ccc(/C=C\C(=O)O)cc1. The van der Waals surface area contributed by atoms with Gasteiger partial charge in [-0.05, 0) is 18.6 Å². The molecule has 0 aliphatic heterocycles. The van der Waals surface area contributed by atoms with Crippen LogP contribution in [0.1, 0.15) is 11.1 Å². The van der Waals surface area contributed by atoms with E-state index in [1.165, 1.54) is 5.56 Å². The molecule has 1 aromatic rings. The molecule has 1 aromatic carbocycles. The molecule has 0 fully saturated rings. The Morgan fingerprint density at radius 3 is 2.42 bits per heavy atom. The van der Waals surface area contributed by atoms with Crippen molar-refractivity contribution in [2.75, 3.05) is 0 Å². The highest BCUT2D eigenvalue weighted by molar-refractivity contribution is 5.85. The molecule has 0 aromatic heterocycles. The first-order chi connectivity index (χ1) is 5.68. The average molecular weight is 162 g/mol. The number of carbonyl (C=O) groups is 1. The van der Waals surface area contributed by atoms with Gasteiger partial charge in [0.05, 0.1) is 0 Å². The molecule has 0 saturated heterocycles. The Kier molecular flexibility index (Phi) is 2.64. The molecule has 62 valence electrons. The first-order valence-electron chi connectivity index (χ1n) is 3.66. The van der Waals surface area contributed by atoms with Crippen LogP contribution in [0.4, 0.5) is 0 Å². The molecule has 0 unspecified atom stereocenters. The Morgan fingerprint density at radius 2 is 1.92 bits per heavy atom. The van der Waals surface area contributed by atoms with Crippen LogP contribution >= 0.6 is 0 Å². The number of aliphatic carboxylic acids is 1. The third-order valence-electron chi connectivity index (χ3n) is 1.50. The summed E-state index contributed by atoms with van der Waals surface area (Å²) in [6.07, 6.45) is 2.70. The van der Waals surface area contributed by atoms with Gasteiger partial charge in [0.15, 0.2) is 0 Å². The summed E-state index contributed by atoms with van der Waals surface area (Å²) in [6, 6.07) is 7.66. The van der Waals surface area contributed by atoms with Crippen molar-refractivity contribution in [3.8, 4) is 0 Å². The van der Waals surface area contributed by atoms with Gasteiger partial charge in [0.2, 0.25) is 0 Å².